The van der Waals surface area contributed by atoms with Gasteiger partial charge in [-0.25, -0.2) is 4.98 Å². The number of hydrogen-bond acceptors (Lipinski definition) is 4. The van der Waals surface area contributed by atoms with Crippen LogP contribution in [0.25, 0.3) is 78.6 Å². The predicted molar refractivity (Wildman–Crippen MR) is 165 cm³/mol. The van der Waals surface area contributed by atoms with E-state index in [0.717, 1.165) is 77.9 Å². The van der Waals surface area contributed by atoms with E-state index in [-0.39, 0.29) is 0 Å². The Hall–Kier alpha value is -5.82. The molecule has 8 heterocycles. The fraction of sp³-hybridized carbons (Fsp3) is 0. The second-order valence-electron chi connectivity index (χ2n) is 9.91. The monoisotopic (exact) mass is 529 g/mol. The molecule has 1 aliphatic heterocycles. The number of rotatable bonds is 3. The number of pyridine rings is 3. The molecule has 7 aromatic heterocycles. The van der Waals surface area contributed by atoms with Crippen LogP contribution in [0.5, 0.6) is 0 Å². The van der Waals surface area contributed by atoms with Crippen molar-refractivity contribution in [1.82, 2.24) is 34.9 Å². The number of aromatic amines is 3. The van der Waals surface area contributed by atoms with Crippen molar-refractivity contribution in [2.75, 3.05) is 0 Å². The number of hydrogen-bond donors (Lipinski definition) is 3. The molecule has 8 rings (SSSR count). The topological polar surface area (TPSA) is 98.9 Å². The van der Waals surface area contributed by atoms with Crippen LogP contribution in [0.2, 0.25) is 0 Å². The quantitative estimate of drug-likeness (QED) is 0.217. The molecule has 194 valence electrons. The summed E-state index contributed by atoms with van der Waals surface area (Å²) in [6.07, 6.45) is 15.1. The Bertz CT molecular complexity index is 2190. The summed E-state index contributed by atoms with van der Waals surface area (Å²) in [6, 6.07) is 24.9. The second kappa shape index (κ2) is 9.43. The van der Waals surface area contributed by atoms with E-state index in [0.29, 0.717) is 0 Å². The first kappa shape index (κ1) is 23.1. The lowest BCUT2D eigenvalue weighted by atomic mass is 10.1. The maximum absolute atomic E-state index is 5.10. The summed E-state index contributed by atoms with van der Waals surface area (Å²) in [5, 5.41) is 0. The smallest absolute Gasteiger partial charge is 0.0872 e. The van der Waals surface area contributed by atoms with Gasteiger partial charge in [0.15, 0.2) is 0 Å². The average Bonchev–Trinajstić information content (AvgIpc) is 3.84. The van der Waals surface area contributed by atoms with Crippen LogP contribution in [0.1, 0.15) is 11.4 Å². The summed E-state index contributed by atoms with van der Waals surface area (Å²) in [7, 11) is 0. The molecule has 0 saturated heterocycles. The van der Waals surface area contributed by atoms with Crippen LogP contribution >= 0.6 is 0 Å². The minimum absolute atomic E-state index is 0.879. The van der Waals surface area contributed by atoms with Crippen molar-refractivity contribution in [3.05, 3.63) is 121 Å². The third kappa shape index (κ3) is 3.99. The highest BCUT2D eigenvalue weighted by atomic mass is 14.8. The number of nitrogens with one attached hydrogen (secondary N) is 3. The van der Waals surface area contributed by atoms with Crippen molar-refractivity contribution >= 4 is 45.3 Å². The van der Waals surface area contributed by atoms with Crippen LogP contribution in [0, 0.1) is 0 Å². The first-order valence-corrected chi connectivity index (χ1v) is 13.4. The van der Waals surface area contributed by atoms with E-state index in [1.54, 1.807) is 0 Å². The molecular weight excluding hydrogens is 506 g/mol. The van der Waals surface area contributed by atoms with Crippen LogP contribution in [0.15, 0.2) is 110 Å². The standard InChI is InChI=1S/C34H23N7/c1-3-26-32(21-9-15-35-16-10-21)28-5-7-30(40-28)34(23-13-19-37-20-14-23)31-8-6-29(41-31)33(22-11-17-36-18-12-22)27-4-2-25(39-27)24(1)38-26/h1-20,38,40-41H. The van der Waals surface area contributed by atoms with Gasteiger partial charge in [-0.1, -0.05) is 0 Å². The highest BCUT2D eigenvalue weighted by molar-refractivity contribution is 6.00. The zero-order valence-electron chi connectivity index (χ0n) is 21.8. The number of nitrogens with zero attached hydrogens (tertiary/aromatic N) is 4. The number of fused-ring (bicyclic) bond motifs is 9. The summed E-state index contributed by atoms with van der Waals surface area (Å²) in [6.45, 7) is 0. The molecule has 8 bridgehead atoms. The maximum atomic E-state index is 5.10. The van der Waals surface area contributed by atoms with Gasteiger partial charge >= 0.3 is 0 Å². The van der Waals surface area contributed by atoms with Crippen molar-refractivity contribution in [3.63, 3.8) is 0 Å². The van der Waals surface area contributed by atoms with Crippen LogP contribution in [0.4, 0.5) is 0 Å². The largest absolute Gasteiger partial charge is 0.354 e. The van der Waals surface area contributed by atoms with E-state index in [1.807, 2.05) is 73.6 Å². The zero-order valence-corrected chi connectivity index (χ0v) is 21.8. The summed E-state index contributed by atoms with van der Waals surface area (Å²) in [5.41, 5.74) is 13.9. The molecule has 7 heteroatoms. The predicted octanol–water partition coefficient (Wildman–Crippen LogP) is 7.88. The van der Waals surface area contributed by atoms with Crippen molar-refractivity contribution in [2.24, 2.45) is 0 Å². The third-order valence-electron chi connectivity index (χ3n) is 7.48. The Morgan fingerprint density at radius 3 is 1.15 bits per heavy atom. The third-order valence-corrected chi connectivity index (χ3v) is 7.48. The highest BCUT2D eigenvalue weighted by Gasteiger charge is 2.15. The molecule has 7 aromatic rings. The first-order valence-electron chi connectivity index (χ1n) is 13.4. The molecule has 0 unspecified atom stereocenters. The molecular formula is C34H23N7. The van der Waals surface area contributed by atoms with Gasteiger partial charge in [0.2, 0.25) is 0 Å². The SMILES string of the molecule is C1=Cc2nc1c(-c1ccncc1)c1ccc([nH]1)c(-c1ccncc1)c1ccc([nH]1)c(-c1ccncc1)c1ccc2[nH]1. The number of aromatic nitrogens is 7. The Morgan fingerprint density at radius 2 is 0.683 bits per heavy atom. The van der Waals surface area contributed by atoms with Gasteiger partial charge in [0.1, 0.15) is 0 Å². The van der Waals surface area contributed by atoms with Crippen molar-refractivity contribution in [1.29, 1.82) is 0 Å². The molecule has 0 fully saturated rings. The second-order valence-corrected chi connectivity index (χ2v) is 9.91. The molecule has 0 radical (unpaired) electrons. The van der Waals surface area contributed by atoms with Crippen LogP contribution in [0.3, 0.4) is 0 Å². The van der Waals surface area contributed by atoms with Gasteiger partial charge in [0.05, 0.1) is 16.9 Å². The van der Waals surface area contributed by atoms with Gasteiger partial charge in [-0.05, 0) is 102 Å². The molecule has 0 aromatic carbocycles. The molecule has 3 N–H and O–H groups in total. The van der Waals surface area contributed by atoms with Gasteiger partial charge in [-0.2, -0.15) is 0 Å². The Labute approximate surface area is 234 Å². The van der Waals surface area contributed by atoms with Crippen molar-refractivity contribution in [2.45, 2.75) is 0 Å². The molecule has 1 aliphatic rings. The van der Waals surface area contributed by atoms with E-state index in [2.05, 4.69) is 78.5 Å². The van der Waals surface area contributed by atoms with E-state index < -0.39 is 0 Å². The highest BCUT2D eigenvalue weighted by Crippen LogP contribution is 2.35. The van der Waals surface area contributed by atoms with Gasteiger partial charge in [0.25, 0.3) is 0 Å². The van der Waals surface area contributed by atoms with Crippen LogP contribution in [-0.4, -0.2) is 34.9 Å². The Morgan fingerprint density at radius 1 is 0.341 bits per heavy atom. The summed E-state index contributed by atoms with van der Waals surface area (Å²) in [5.74, 6) is 0. The van der Waals surface area contributed by atoms with E-state index >= 15 is 0 Å². The van der Waals surface area contributed by atoms with Crippen LogP contribution in [-0.2, 0) is 0 Å². The summed E-state index contributed by atoms with van der Waals surface area (Å²) < 4.78 is 0. The summed E-state index contributed by atoms with van der Waals surface area (Å²) in [4.78, 5) is 29.0. The lowest BCUT2D eigenvalue weighted by Gasteiger charge is -2.04. The molecule has 0 amide bonds. The fourth-order valence-electron chi connectivity index (χ4n) is 5.62. The molecule has 7 nitrogen and oxygen atoms in total. The van der Waals surface area contributed by atoms with E-state index in [9.17, 15) is 0 Å². The van der Waals surface area contributed by atoms with Crippen molar-refractivity contribution in [3.8, 4) is 33.4 Å². The Balaban J connectivity index is 1.58. The minimum atomic E-state index is 0.879. The first-order chi connectivity index (χ1) is 20.3. The molecule has 0 saturated carbocycles. The number of H-pyrrole nitrogens is 3. The minimum Gasteiger partial charge on any atom is -0.354 e. The Kier molecular flexibility index (Phi) is 5.31. The van der Waals surface area contributed by atoms with E-state index in [4.69, 9.17) is 4.98 Å². The molecule has 0 aliphatic carbocycles. The van der Waals surface area contributed by atoms with Gasteiger partial charge in [-0.15, -0.1) is 0 Å². The van der Waals surface area contributed by atoms with Crippen LogP contribution < -0.4 is 0 Å². The van der Waals surface area contributed by atoms with Gasteiger partial charge in [-0.3, -0.25) is 15.0 Å². The molecule has 0 spiro atoms. The van der Waals surface area contributed by atoms with Gasteiger partial charge < -0.3 is 15.0 Å². The van der Waals surface area contributed by atoms with Crippen molar-refractivity contribution < 1.29 is 0 Å². The molecule has 41 heavy (non-hydrogen) atoms. The van der Waals surface area contributed by atoms with Gasteiger partial charge in [0, 0.05) is 81.5 Å². The zero-order chi connectivity index (χ0) is 27.2. The lowest BCUT2D eigenvalue weighted by Crippen LogP contribution is -1.86. The molecule has 0 atom stereocenters. The summed E-state index contributed by atoms with van der Waals surface area (Å²) >= 11 is 0. The normalized spacial score (nSPS) is 11.8. The van der Waals surface area contributed by atoms with E-state index in [1.165, 1.54) is 0 Å². The average molecular weight is 530 g/mol. The fourth-order valence-corrected chi connectivity index (χ4v) is 5.62. The lowest BCUT2D eigenvalue weighted by molar-refractivity contribution is 1.30. The maximum Gasteiger partial charge on any atom is 0.0872 e.